The zero-order valence-corrected chi connectivity index (χ0v) is 19.7. The van der Waals surface area contributed by atoms with E-state index in [-0.39, 0.29) is 23.8 Å². The molecule has 0 aliphatic heterocycles. The Morgan fingerprint density at radius 3 is 2.66 bits per heavy atom. The predicted octanol–water partition coefficient (Wildman–Crippen LogP) is 4.55. The number of carboxylic acids is 1. The topological polar surface area (TPSA) is 118 Å². The van der Waals surface area contributed by atoms with E-state index in [2.05, 4.69) is 5.10 Å². The maximum absolute atomic E-state index is 11.7. The summed E-state index contributed by atoms with van der Waals surface area (Å²) >= 11 is 0. The number of aliphatic hydroxyl groups is 1. The van der Waals surface area contributed by atoms with Gasteiger partial charge in [-0.1, -0.05) is 25.0 Å². The number of aromatic nitrogens is 2. The predicted molar refractivity (Wildman–Crippen MR) is 128 cm³/mol. The highest BCUT2D eigenvalue weighted by molar-refractivity contribution is 6.02. The first kappa shape index (κ1) is 23.3. The first-order chi connectivity index (χ1) is 17.0. The summed E-state index contributed by atoms with van der Waals surface area (Å²) in [5.41, 5.74) is 2.43. The van der Waals surface area contributed by atoms with Gasteiger partial charge in [0.25, 0.3) is 0 Å². The second-order valence-electron chi connectivity index (χ2n) is 9.53. The normalized spacial score (nSPS) is 17.9. The number of fused-ring (bicyclic) bond motifs is 1. The van der Waals surface area contributed by atoms with Crippen molar-refractivity contribution in [1.29, 1.82) is 5.26 Å². The van der Waals surface area contributed by atoms with Crippen LogP contribution in [0.4, 0.5) is 0 Å². The summed E-state index contributed by atoms with van der Waals surface area (Å²) in [7, 11) is 1.65. The molecular formula is C27H29N3O5. The molecule has 0 saturated heterocycles. The van der Waals surface area contributed by atoms with Gasteiger partial charge in [-0.15, -0.1) is 0 Å². The SMILES string of the molecule is COc1cc([C@@H](O)[C@H](Cn2cc3cc(C#N)cc(C(=O)O)c3n2)OC2CCCC2)ccc1C1CC1. The van der Waals surface area contributed by atoms with Crippen molar-refractivity contribution in [3.05, 3.63) is 58.8 Å². The average Bonchev–Trinajstić information content (AvgIpc) is 3.42. The third-order valence-corrected chi connectivity index (χ3v) is 7.02. The average molecular weight is 476 g/mol. The molecule has 2 aromatic carbocycles. The number of aromatic carboxylic acids is 1. The largest absolute Gasteiger partial charge is 0.496 e. The van der Waals surface area contributed by atoms with Gasteiger partial charge in [-0.25, -0.2) is 4.79 Å². The van der Waals surface area contributed by atoms with Gasteiger partial charge < -0.3 is 19.7 Å². The van der Waals surface area contributed by atoms with Crippen molar-refractivity contribution in [3.63, 3.8) is 0 Å². The minimum atomic E-state index is -1.14. The maximum Gasteiger partial charge on any atom is 0.338 e. The summed E-state index contributed by atoms with van der Waals surface area (Å²) in [4.78, 5) is 11.7. The van der Waals surface area contributed by atoms with Crippen molar-refractivity contribution in [3.8, 4) is 11.8 Å². The Kier molecular flexibility index (Phi) is 6.46. The molecule has 2 aliphatic carbocycles. The van der Waals surface area contributed by atoms with E-state index in [1.54, 1.807) is 24.1 Å². The van der Waals surface area contributed by atoms with Gasteiger partial charge in [0.2, 0.25) is 0 Å². The number of methoxy groups -OCH3 is 1. The van der Waals surface area contributed by atoms with Gasteiger partial charge in [-0.05, 0) is 60.9 Å². The number of nitrogens with zero attached hydrogens (tertiary/aromatic N) is 3. The van der Waals surface area contributed by atoms with Crippen LogP contribution in [0.15, 0.2) is 36.5 Å². The van der Waals surface area contributed by atoms with E-state index < -0.39 is 18.2 Å². The van der Waals surface area contributed by atoms with Gasteiger partial charge in [-0.2, -0.15) is 10.4 Å². The van der Waals surface area contributed by atoms with Crippen LogP contribution in [-0.4, -0.2) is 45.3 Å². The lowest BCUT2D eigenvalue weighted by Crippen LogP contribution is -2.31. The number of aliphatic hydroxyl groups excluding tert-OH is 1. The number of hydrogen-bond acceptors (Lipinski definition) is 6. The molecule has 1 aromatic heterocycles. The Balaban J connectivity index is 1.46. The lowest BCUT2D eigenvalue weighted by atomic mass is 9.99. The standard InChI is InChI=1S/C27H29N3O5/c1-34-23-12-18(8-9-21(23)17-6-7-17)26(31)24(35-20-4-2-3-5-20)15-30-14-19-10-16(13-28)11-22(27(32)33)25(19)29-30/h8-12,14,17,20,24,26,31H,2-7,15H2,1H3,(H,32,33)/t24-,26+/m0/s1. The molecule has 35 heavy (non-hydrogen) atoms. The third kappa shape index (κ3) is 4.88. The van der Waals surface area contributed by atoms with Crippen molar-refractivity contribution >= 4 is 16.9 Å². The fourth-order valence-corrected chi connectivity index (χ4v) is 5.04. The number of carbonyl (C=O) groups is 1. The summed E-state index contributed by atoms with van der Waals surface area (Å²) in [6.45, 7) is 0.236. The number of ether oxygens (including phenoxy) is 2. The van der Waals surface area contributed by atoms with Crippen molar-refractivity contribution in [1.82, 2.24) is 9.78 Å². The second kappa shape index (κ2) is 9.68. The molecule has 182 valence electrons. The first-order valence-corrected chi connectivity index (χ1v) is 12.1. The molecule has 0 amide bonds. The van der Waals surface area contributed by atoms with Gasteiger partial charge in [0.05, 0.1) is 37.0 Å². The van der Waals surface area contributed by atoms with Crippen LogP contribution >= 0.6 is 0 Å². The smallest absolute Gasteiger partial charge is 0.338 e. The van der Waals surface area contributed by atoms with Crippen LogP contribution in [0.3, 0.4) is 0 Å². The Hall–Kier alpha value is -3.41. The number of rotatable bonds is 9. The number of benzene rings is 2. The lowest BCUT2D eigenvalue weighted by Gasteiger charge is -2.27. The zero-order chi connectivity index (χ0) is 24.5. The van der Waals surface area contributed by atoms with E-state index in [9.17, 15) is 20.3 Å². The number of carboxylic acid groups (broad SMARTS) is 1. The first-order valence-electron chi connectivity index (χ1n) is 12.1. The Morgan fingerprint density at radius 2 is 2.00 bits per heavy atom. The molecule has 0 spiro atoms. The maximum atomic E-state index is 11.7. The fourth-order valence-electron chi connectivity index (χ4n) is 5.04. The van der Waals surface area contributed by atoms with Crippen molar-refractivity contribution in [2.45, 2.75) is 69.3 Å². The molecule has 2 N–H and O–H groups in total. The van der Waals surface area contributed by atoms with Crippen LogP contribution in [0, 0.1) is 11.3 Å². The zero-order valence-electron chi connectivity index (χ0n) is 19.7. The third-order valence-electron chi connectivity index (χ3n) is 7.02. The van der Waals surface area contributed by atoms with E-state index in [0.717, 1.165) is 44.3 Å². The quantitative estimate of drug-likeness (QED) is 0.466. The van der Waals surface area contributed by atoms with E-state index in [4.69, 9.17) is 9.47 Å². The molecule has 5 rings (SSSR count). The van der Waals surface area contributed by atoms with E-state index >= 15 is 0 Å². The number of hydrogen-bond donors (Lipinski definition) is 2. The van der Waals surface area contributed by atoms with Crippen molar-refractivity contribution in [2.75, 3.05) is 7.11 Å². The molecule has 8 nitrogen and oxygen atoms in total. The van der Waals surface area contributed by atoms with Crippen LogP contribution in [0.25, 0.3) is 10.9 Å². The minimum Gasteiger partial charge on any atom is -0.496 e. The highest BCUT2D eigenvalue weighted by atomic mass is 16.5. The van der Waals surface area contributed by atoms with E-state index in [1.165, 1.54) is 11.6 Å². The van der Waals surface area contributed by atoms with Gasteiger partial charge >= 0.3 is 5.97 Å². The van der Waals surface area contributed by atoms with Gasteiger partial charge in [-0.3, -0.25) is 4.68 Å². The highest BCUT2D eigenvalue weighted by Crippen LogP contribution is 2.45. The van der Waals surface area contributed by atoms with E-state index in [1.807, 2.05) is 24.3 Å². The molecule has 2 aliphatic rings. The van der Waals surface area contributed by atoms with Gasteiger partial charge in [0, 0.05) is 11.6 Å². The molecule has 2 atom stereocenters. The monoisotopic (exact) mass is 475 g/mol. The van der Waals surface area contributed by atoms with Crippen LogP contribution in [-0.2, 0) is 11.3 Å². The summed E-state index contributed by atoms with van der Waals surface area (Å²) in [5, 5.41) is 35.3. The summed E-state index contributed by atoms with van der Waals surface area (Å²) in [6.07, 6.45) is 6.67. The van der Waals surface area contributed by atoms with Crippen molar-refractivity contribution in [2.24, 2.45) is 0 Å². The molecule has 0 radical (unpaired) electrons. The second-order valence-corrected chi connectivity index (χ2v) is 9.53. The van der Waals surface area contributed by atoms with Crippen molar-refractivity contribution < 1.29 is 24.5 Å². The van der Waals surface area contributed by atoms with E-state index in [0.29, 0.717) is 22.4 Å². The molecule has 1 heterocycles. The molecule has 2 saturated carbocycles. The molecular weight excluding hydrogens is 446 g/mol. The molecule has 0 bridgehead atoms. The summed E-state index contributed by atoms with van der Waals surface area (Å²) in [5.74, 6) is 0.169. The highest BCUT2D eigenvalue weighted by Gasteiger charge is 2.31. The van der Waals surface area contributed by atoms with Gasteiger partial charge in [0.15, 0.2) is 0 Å². The minimum absolute atomic E-state index is 0.0213. The van der Waals surface area contributed by atoms with Crippen LogP contribution in [0.2, 0.25) is 0 Å². The molecule has 0 unspecified atom stereocenters. The van der Waals surface area contributed by atoms with Crippen LogP contribution < -0.4 is 4.74 Å². The Morgan fingerprint density at radius 1 is 1.23 bits per heavy atom. The summed E-state index contributed by atoms with van der Waals surface area (Å²) in [6, 6.07) is 10.8. The summed E-state index contributed by atoms with van der Waals surface area (Å²) < 4.78 is 13.6. The van der Waals surface area contributed by atoms with Crippen LogP contribution in [0.1, 0.15) is 77.6 Å². The Bertz CT molecular complexity index is 1280. The Labute approximate surface area is 203 Å². The lowest BCUT2D eigenvalue weighted by molar-refractivity contribution is -0.0844. The molecule has 3 aromatic rings. The molecule has 2 fully saturated rings. The van der Waals surface area contributed by atoms with Gasteiger partial charge in [0.1, 0.15) is 23.5 Å². The number of nitriles is 1. The molecule has 8 heteroatoms. The van der Waals surface area contributed by atoms with Crippen LogP contribution in [0.5, 0.6) is 5.75 Å². The fraction of sp³-hybridized carbons (Fsp3) is 0.444.